The molecule has 6 nitrogen and oxygen atoms in total. The predicted molar refractivity (Wildman–Crippen MR) is 67.7 cm³/mol. The molecular formula is C11H14N4O2S. The third-order valence-corrected chi connectivity index (χ3v) is 4.16. The first kappa shape index (κ1) is 12.6. The van der Waals surface area contributed by atoms with Crippen molar-refractivity contribution in [1.82, 2.24) is 14.8 Å². The maximum atomic E-state index is 12.2. The van der Waals surface area contributed by atoms with Crippen molar-refractivity contribution in [2.24, 2.45) is 7.05 Å². The van der Waals surface area contributed by atoms with Gasteiger partial charge < -0.3 is 0 Å². The zero-order valence-corrected chi connectivity index (χ0v) is 11.2. The average Bonchev–Trinajstić information content (AvgIpc) is 2.63. The Morgan fingerprint density at radius 3 is 2.61 bits per heavy atom. The average molecular weight is 266 g/mol. The van der Waals surface area contributed by atoms with Crippen molar-refractivity contribution in [2.45, 2.75) is 18.7 Å². The van der Waals surface area contributed by atoms with Crippen LogP contribution in [0.2, 0.25) is 0 Å². The van der Waals surface area contributed by atoms with Gasteiger partial charge in [0.25, 0.3) is 10.0 Å². The molecule has 0 amide bonds. The Labute approximate surface area is 106 Å². The van der Waals surface area contributed by atoms with Crippen LogP contribution in [0.1, 0.15) is 11.3 Å². The summed E-state index contributed by atoms with van der Waals surface area (Å²) in [7, 11) is -1.95. The number of pyridine rings is 1. The normalized spacial score (nSPS) is 11.5. The van der Waals surface area contributed by atoms with Crippen LogP contribution in [0.15, 0.2) is 29.4 Å². The van der Waals surface area contributed by atoms with Crippen LogP contribution in [0.3, 0.4) is 0 Å². The molecule has 0 unspecified atom stereocenters. The molecule has 0 atom stereocenters. The number of sulfonamides is 1. The zero-order chi connectivity index (χ0) is 13.3. The van der Waals surface area contributed by atoms with Gasteiger partial charge in [0, 0.05) is 13.2 Å². The highest BCUT2D eigenvalue weighted by molar-refractivity contribution is 7.92. The van der Waals surface area contributed by atoms with Gasteiger partial charge in [-0.05, 0) is 25.5 Å². The first-order valence-corrected chi connectivity index (χ1v) is 6.83. The molecule has 0 radical (unpaired) electrons. The Morgan fingerprint density at radius 1 is 1.33 bits per heavy atom. The van der Waals surface area contributed by atoms with Gasteiger partial charge in [-0.1, -0.05) is 6.07 Å². The van der Waals surface area contributed by atoms with E-state index in [1.165, 1.54) is 10.9 Å². The number of aromatic nitrogens is 3. The minimum absolute atomic E-state index is 0.162. The summed E-state index contributed by atoms with van der Waals surface area (Å²) < 4.78 is 28.3. The molecule has 0 bridgehead atoms. The SMILES string of the molecule is Cc1cccnc1NS(=O)(=O)c1cnn(C)c1C. The van der Waals surface area contributed by atoms with Crippen LogP contribution >= 0.6 is 0 Å². The highest BCUT2D eigenvalue weighted by Gasteiger charge is 2.21. The zero-order valence-electron chi connectivity index (χ0n) is 10.4. The smallest absolute Gasteiger partial charge is 0.266 e. The van der Waals surface area contributed by atoms with Crippen molar-refractivity contribution < 1.29 is 8.42 Å². The number of hydrogen-bond donors (Lipinski definition) is 1. The van der Waals surface area contributed by atoms with Gasteiger partial charge in [-0.15, -0.1) is 0 Å². The fourth-order valence-electron chi connectivity index (χ4n) is 1.52. The van der Waals surface area contributed by atoms with E-state index in [0.29, 0.717) is 11.5 Å². The molecule has 7 heteroatoms. The maximum Gasteiger partial charge on any atom is 0.266 e. The van der Waals surface area contributed by atoms with E-state index in [2.05, 4.69) is 14.8 Å². The molecule has 18 heavy (non-hydrogen) atoms. The minimum Gasteiger partial charge on any atom is -0.272 e. The number of hydrogen-bond acceptors (Lipinski definition) is 4. The summed E-state index contributed by atoms with van der Waals surface area (Å²) in [5, 5.41) is 3.92. The van der Waals surface area contributed by atoms with Gasteiger partial charge in [-0.3, -0.25) is 9.40 Å². The predicted octanol–water partition coefficient (Wildman–Crippen LogP) is 1.23. The van der Waals surface area contributed by atoms with Crippen molar-refractivity contribution in [3.8, 4) is 0 Å². The molecule has 96 valence electrons. The third-order valence-electron chi connectivity index (χ3n) is 2.72. The van der Waals surface area contributed by atoms with Gasteiger partial charge in [0.2, 0.25) is 0 Å². The van der Waals surface area contributed by atoms with Crippen molar-refractivity contribution in [2.75, 3.05) is 4.72 Å². The maximum absolute atomic E-state index is 12.2. The fraction of sp³-hybridized carbons (Fsp3) is 0.273. The molecule has 0 saturated carbocycles. The molecule has 0 fully saturated rings. The number of nitrogens with zero attached hydrogens (tertiary/aromatic N) is 3. The van der Waals surface area contributed by atoms with Crippen molar-refractivity contribution in [1.29, 1.82) is 0 Å². The summed E-state index contributed by atoms with van der Waals surface area (Å²) in [5.74, 6) is 0.334. The van der Waals surface area contributed by atoms with Gasteiger partial charge in [0.1, 0.15) is 10.7 Å². The van der Waals surface area contributed by atoms with Gasteiger partial charge >= 0.3 is 0 Å². The summed E-state index contributed by atoms with van der Waals surface area (Å²) in [6, 6.07) is 3.55. The summed E-state index contributed by atoms with van der Waals surface area (Å²) in [6.07, 6.45) is 2.87. The third kappa shape index (κ3) is 2.21. The molecule has 1 N–H and O–H groups in total. The second kappa shape index (κ2) is 4.41. The van der Waals surface area contributed by atoms with Crippen molar-refractivity contribution in [3.05, 3.63) is 35.8 Å². The lowest BCUT2D eigenvalue weighted by Crippen LogP contribution is -2.15. The molecule has 2 aromatic heterocycles. The van der Waals surface area contributed by atoms with E-state index in [9.17, 15) is 8.42 Å². The summed E-state index contributed by atoms with van der Waals surface area (Å²) >= 11 is 0. The summed E-state index contributed by atoms with van der Waals surface area (Å²) in [6.45, 7) is 3.49. The number of anilines is 1. The van der Waals surface area contributed by atoms with Crippen LogP contribution in [0.5, 0.6) is 0 Å². The summed E-state index contributed by atoms with van der Waals surface area (Å²) in [4.78, 5) is 4.17. The Hall–Kier alpha value is -1.89. The molecule has 0 saturated heterocycles. The molecule has 2 heterocycles. The van der Waals surface area contributed by atoms with Gasteiger partial charge in [-0.25, -0.2) is 13.4 Å². The molecule has 0 aliphatic carbocycles. The monoisotopic (exact) mass is 266 g/mol. The Morgan fingerprint density at radius 2 is 2.06 bits per heavy atom. The van der Waals surface area contributed by atoms with E-state index in [1.807, 2.05) is 0 Å². The van der Waals surface area contributed by atoms with Gasteiger partial charge in [0.05, 0.1) is 11.9 Å². The molecule has 0 spiro atoms. The summed E-state index contributed by atoms with van der Waals surface area (Å²) in [5.41, 5.74) is 1.35. The highest BCUT2D eigenvalue weighted by atomic mass is 32.2. The first-order chi connectivity index (χ1) is 8.42. The number of aryl methyl sites for hydroxylation is 2. The lowest BCUT2D eigenvalue weighted by atomic mass is 10.3. The first-order valence-electron chi connectivity index (χ1n) is 5.35. The van der Waals surface area contributed by atoms with Crippen LogP contribution in [0.25, 0.3) is 0 Å². The van der Waals surface area contributed by atoms with Crippen LogP contribution < -0.4 is 4.72 Å². The van der Waals surface area contributed by atoms with Gasteiger partial charge in [0.15, 0.2) is 0 Å². The number of nitrogens with one attached hydrogen (secondary N) is 1. The van der Waals surface area contributed by atoms with E-state index in [-0.39, 0.29) is 4.90 Å². The second-order valence-corrected chi connectivity index (χ2v) is 5.64. The largest absolute Gasteiger partial charge is 0.272 e. The Kier molecular flexibility index (Phi) is 3.08. The lowest BCUT2D eigenvalue weighted by Gasteiger charge is -2.08. The molecular weight excluding hydrogens is 252 g/mol. The molecule has 0 aliphatic rings. The van der Waals surface area contributed by atoms with E-state index in [0.717, 1.165) is 5.56 Å². The van der Waals surface area contributed by atoms with E-state index >= 15 is 0 Å². The van der Waals surface area contributed by atoms with Crippen molar-refractivity contribution >= 4 is 15.8 Å². The van der Waals surface area contributed by atoms with Crippen LogP contribution in [-0.4, -0.2) is 23.2 Å². The molecule has 0 aromatic carbocycles. The Balaban J connectivity index is 2.40. The number of rotatable bonds is 3. The van der Waals surface area contributed by atoms with Crippen LogP contribution in [-0.2, 0) is 17.1 Å². The Bertz CT molecular complexity index is 676. The molecule has 2 aromatic rings. The second-order valence-electron chi connectivity index (χ2n) is 3.99. The topological polar surface area (TPSA) is 76.9 Å². The molecule has 0 aliphatic heterocycles. The quantitative estimate of drug-likeness (QED) is 0.906. The minimum atomic E-state index is -3.64. The van der Waals surface area contributed by atoms with Crippen molar-refractivity contribution in [3.63, 3.8) is 0 Å². The lowest BCUT2D eigenvalue weighted by molar-refractivity contribution is 0.600. The highest BCUT2D eigenvalue weighted by Crippen LogP contribution is 2.18. The van der Waals surface area contributed by atoms with Crippen LogP contribution in [0, 0.1) is 13.8 Å². The van der Waals surface area contributed by atoms with E-state index < -0.39 is 10.0 Å². The molecule has 2 rings (SSSR count). The fourth-order valence-corrected chi connectivity index (χ4v) is 2.80. The standard InChI is InChI=1S/C11H14N4O2S/c1-8-5-4-6-12-11(8)14-18(16,17)10-7-13-15(3)9(10)2/h4-7H,1-3H3,(H,12,14). The van der Waals surface area contributed by atoms with E-state index in [4.69, 9.17) is 0 Å². The van der Waals surface area contributed by atoms with E-state index in [1.54, 1.807) is 39.2 Å². The van der Waals surface area contributed by atoms with Gasteiger partial charge in [-0.2, -0.15) is 5.10 Å². The van der Waals surface area contributed by atoms with Crippen LogP contribution in [0.4, 0.5) is 5.82 Å².